The van der Waals surface area contributed by atoms with Gasteiger partial charge in [0.25, 0.3) is 0 Å². The molecule has 2 atom stereocenters. The molecule has 1 heteroatoms. The molecule has 1 aliphatic rings. The van der Waals surface area contributed by atoms with Crippen LogP contribution in [0.15, 0.2) is 42.5 Å². The molecule has 0 aromatic heterocycles. The maximum atomic E-state index is 5.84. The summed E-state index contributed by atoms with van der Waals surface area (Å²) in [6.45, 7) is 2.20. The lowest BCUT2D eigenvalue weighted by Gasteiger charge is -2.30. The molecule has 0 radical (unpaired) electrons. The second kappa shape index (κ2) is 9.29. The Hall–Kier alpha value is -1.68. The summed E-state index contributed by atoms with van der Waals surface area (Å²) in [6, 6.07) is 10.7. The number of rotatable bonds is 5. The Balaban J connectivity index is 1.88. The minimum atomic E-state index is 0.248. The van der Waals surface area contributed by atoms with E-state index in [0.29, 0.717) is 5.92 Å². The van der Waals surface area contributed by atoms with Gasteiger partial charge in [0.1, 0.15) is 12.2 Å². The smallest absolute Gasteiger partial charge is 0.117 e. The van der Waals surface area contributed by atoms with Gasteiger partial charge in [-0.2, -0.15) is 0 Å². The van der Waals surface area contributed by atoms with Crippen LogP contribution in [0.1, 0.15) is 63.4 Å². The first-order valence-corrected chi connectivity index (χ1v) is 8.28. The van der Waals surface area contributed by atoms with E-state index in [1.165, 1.54) is 37.7 Å². The van der Waals surface area contributed by atoms with Gasteiger partial charge in [-0.1, -0.05) is 62.6 Å². The van der Waals surface area contributed by atoms with Crippen molar-refractivity contribution in [3.05, 3.63) is 48.0 Å². The summed E-state index contributed by atoms with van der Waals surface area (Å²) in [4.78, 5) is 0. The van der Waals surface area contributed by atoms with Gasteiger partial charge in [0, 0.05) is 5.92 Å². The standard InChI is InChI=1S/C20H26O/c1-2-3-4-5-6-12-17-21-20-16-11-10-15-19(20)18-13-8-7-9-14-18/h5-9,13-14,19-20H,2-4,10-11,15-16H2,1H3/b6-5+/t19-,20+/m1/s1. The normalized spacial score (nSPS) is 21.8. The molecular formula is C20H26O. The predicted molar refractivity (Wildman–Crippen MR) is 89.0 cm³/mol. The number of hydrogen-bond donors (Lipinski definition) is 0. The molecular weight excluding hydrogens is 256 g/mol. The summed E-state index contributed by atoms with van der Waals surface area (Å²) in [7, 11) is 0. The number of ether oxygens (including phenoxy) is 1. The summed E-state index contributed by atoms with van der Waals surface area (Å²) in [6.07, 6.45) is 15.7. The Bertz CT molecular complexity index is 478. The van der Waals surface area contributed by atoms with E-state index in [1.807, 2.05) is 6.08 Å². The van der Waals surface area contributed by atoms with Crippen LogP contribution in [0.5, 0.6) is 0 Å². The third-order valence-corrected chi connectivity index (χ3v) is 4.13. The summed E-state index contributed by atoms with van der Waals surface area (Å²) in [5.74, 6) is 3.51. The fraction of sp³-hybridized carbons (Fsp3) is 0.500. The third-order valence-electron chi connectivity index (χ3n) is 4.13. The van der Waals surface area contributed by atoms with Gasteiger partial charge >= 0.3 is 0 Å². The number of hydrogen-bond acceptors (Lipinski definition) is 1. The highest BCUT2D eigenvalue weighted by molar-refractivity contribution is 5.22. The highest BCUT2D eigenvalue weighted by atomic mass is 16.5. The van der Waals surface area contributed by atoms with Crippen molar-refractivity contribution in [2.24, 2.45) is 0 Å². The average Bonchev–Trinajstić information content (AvgIpc) is 2.55. The molecule has 1 aromatic rings. The highest BCUT2D eigenvalue weighted by Gasteiger charge is 2.27. The van der Waals surface area contributed by atoms with Crippen LogP contribution in [0.3, 0.4) is 0 Å². The Morgan fingerprint density at radius 2 is 2.00 bits per heavy atom. The number of benzene rings is 1. The average molecular weight is 282 g/mol. The Morgan fingerprint density at radius 3 is 2.81 bits per heavy atom. The number of unbranched alkanes of at least 4 members (excludes halogenated alkanes) is 2. The fourth-order valence-corrected chi connectivity index (χ4v) is 2.93. The van der Waals surface area contributed by atoms with Crippen molar-refractivity contribution >= 4 is 0 Å². The van der Waals surface area contributed by atoms with Crippen LogP contribution in [0.25, 0.3) is 0 Å². The monoisotopic (exact) mass is 282 g/mol. The fourth-order valence-electron chi connectivity index (χ4n) is 2.93. The maximum Gasteiger partial charge on any atom is 0.117 e. The molecule has 1 aliphatic carbocycles. The molecule has 0 saturated heterocycles. The van der Waals surface area contributed by atoms with Crippen molar-refractivity contribution in [2.45, 2.75) is 63.9 Å². The van der Waals surface area contributed by atoms with Gasteiger partial charge < -0.3 is 4.74 Å². The Labute approximate surface area is 129 Å². The van der Waals surface area contributed by atoms with Gasteiger partial charge in [0.2, 0.25) is 0 Å². The van der Waals surface area contributed by atoms with Crippen LogP contribution in [-0.4, -0.2) is 6.10 Å². The minimum Gasteiger partial charge on any atom is -0.442 e. The summed E-state index contributed by atoms with van der Waals surface area (Å²) in [5.41, 5.74) is 1.39. The molecule has 0 amide bonds. The molecule has 0 N–H and O–H groups in total. The molecule has 2 rings (SSSR count). The van der Waals surface area contributed by atoms with Crippen LogP contribution in [0.2, 0.25) is 0 Å². The number of allylic oxidation sites excluding steroid dienone is 2. The molecule has 112 valence electrons. The van der Waals surface area contributed by atoms with Crippen molar-refractivity contribution in [3.63, 3.8) is 0 Å². The molecule has 21 heavy (non-hydrogen) atoms. The van der Waals surface area contributed by atoms with Gasteiger partial charge in [0.05, 0.1) is 0 Å². The second-order valence-electron chi connectivity index (χ2n) is 5.75. The molecule has 1 saturated carbocycles. The van der Waals surface area contributed by atoms with Crippen LogP contribution in [-0.2, 0) is 4.74 Å². The minimum absolute atomic E-state index is 0.248. The lowest BCUT2D eigenvalue weighted by Crippen LogP contribution is -2.24. The first-order valence-electron chi connectivity index (χ1n) is 8.28. The summed E-state index contributed by atoms with van der Waals surface area (Å²) in [5, 5.41) is 0. The molecule has 0 aliphatic heterocycles. The van der Waals surface area contributed by atoms with Crippen molar-refractivity contribution in [2.75, 3.05) is 0 Å². The van der Waals surface area contributed by atoms with Crippen LogP contribution >= 0.6 is 0 Å². The zero-order valence-corrected chi connectivity index (χ0v) is 13.1. The first-order chi connectivity index (χ1) is 10.4. The molecule has 0 unspecified atom stereocenters. The van der Waals surface area contributed by atoms with E-state index in [-0.39, 0.29) is 6.10 Å². The van der Waals surface area contributed by atoms with Crippen LogP contribution < -0.4 is 0 Å². The van der Waals surface area contributed by atoms with E-state index in [2.05, 4.69) is 55.4 Å². The summed E-state index contributed by atoms with van der Waals surface area (Å²) < 4.78 is 5.84. The van der Waals surface area contributed by atoms with Gasteiger partial charge in [0.15, 0.2) is 0 Å². The molecule has 0 bridgehead atoms. The zero-order chi connectivity index (χ0) is 14.8. The Morgan fingerprint density at radius 1 is 1.19 bits per heavy atom. The van der Waals surface area contributed by atoms with Crippen molar-refractivity contribution in [1.82, 2.24) is 0 Å². The molecule has 0 heterocycles. The van der Waals surface area contributed by atoms with E-state index < -0.39 is 0 Å². The van der Waals surface area contributed by atoms with Gasteiger partial charge in [-0.05, 0) is 43.2 Å². The van der Waals surface area contributed by atoms with Crippen molar-refractivity contribution < 1.29 is 4.74 Å². The highest BCUT2D eigenvalue weighted by Crippen LogP contribution is 2.34. The zero-order valence-electron chi connectivity index (χ0n) is 13.1. The molecule has 1 aromatic carbocycles. The van der Waals surface area contributed by atoms with Crippen molar-refractivity contribution in [3.8, 4) is 12.0 Å². The van der Waals surface area contributed by atoms with E-state index in [1.54, 1.807) is 0 Å². The van der Waals surface area contributed by atoms with Crippen molar-refractivity contribution in [1.29, 1.82) is 0 Å². The van der Waals surface area contributed by atoms with E-state index >= 15 is 0 Å². The van der Waals surface area contributed by atoms with Crippen LogP contribution in [0, 0.1) is 12.0 Å². The van der Waals surface area contributed by atoms with Gasteiger partial charge in [-0.25, -0.2) is 0 Å². The SMILES string of the molecule is CCCC/C=C/C#CO[C@H]1CCCC[C@@H]1c1ccccc1. The maximum absolute atomic E-state index is 5.84. The molecule has 1 fully saturated rings. The van der Waals surface area contributed by atoms with Gasteiger partial charge in [-0.3, -0.25) is 0 Å². The van der Waals surface area contributed by atoms with E-state index in [0.717, 1.165) is 12.8 Å². The van der Waals surface area contributed by atoms with Crippen LogP contribution in [0.4, 0.5) is 0 Å². The summed E-state index contributed by atoms with van der Waals surface area (Å²) >= 11 is 0. The lowest BCUT2D eigenvalue weighted by molar-refractivity contribution is 0.102. The Kier molecular flexibility index (Phi) is 6.95. The van der Waals surface area contributed by atoms with Gasteiger partial charge in [-0.15, -0.1) is 0 Å². The topological polar surface area (TPSA) is 9.23 Å². The third kappa shape index (κ3) is 5.31. The lowest BCUT2D eigenvalue weighted by atomic mass is 9.81. The predicted octanol–water partition coefficient (Wildman–Crippen LogP) is 5.44. The second-order valence-corrected chi connectivity index (χ2v) is 5.75. The van der Waals surface area contributed by atoms with E-state index in [9.17, 15) is 0 Å². The molecule has 0 spiro atoms. The first kappa shape index (κ1) is 15.7. The van der Waals surface area contributed by atoms with E-state index in [4.69, 9.17) is 4.74 Å². The largest absolute Gasteiger partial charge is 0.442 e. The quantitative estimate of drug-likeness (QED) is 0.516. The molecule has 1 nitrogen and oxygen atoms in total.